The highest BCUT2D eigenvalue weighted by Crippen LogP contribution is 2.31. The molecule has 0 aliphatic carbocycles. The van der Waals surface area contributed by atoms with Crippen molar-refractivity contribution < 1.29 is 18.7 Å². The molecule has 0 radical (unpaired) electrons. The Morgan fingerprint density at radius 1 is 1.52 bits per heavy atom. The molecule has 0 unspecified atom stereocenters. The number of carbonyl (C=O) groups excluding carboxylic acids is 1. The van der Waals surface area contributed by atoms with Crippen LogP contribution in [0.4, 0.5) is 0 Å². The van der Waals surface area contributed by atoms with Crippen LogP contribution in [-0.2, 0) is 4.74 Å². The molecule has 1 fully saturated rings. The molecule has 0 bridgehead atoms. The molecule has 0 N–H and O–H groups in total. The second-order valence-corrected chi connectivity index (χ2v) is 5.48. The topological polar surface area (TPSA) is 77.7 Å². The number of methoxy groups -OCH3 is 1. The average Bonchev–Trinajstić information content (AvgIpc) is 3.15. The van der Waals surface area contributed by atoms with Crippen molar-refractivity contribution in [3.63, 3.8) is 0 Å². The zero-order valence-corrected chi connectivity index (χ0v) is 12.6. The highest BCUT2D eigenvalue weighted by Gasteiger charge is 2.34. The summed E-state index contributed by atoms with van der Waals surface area (Å²) in [5, 5.41) is 9.66. The number of nitrogens with zero attached hydrogens (tertiary/aromatic N) is 3. The zero-order chi connectivity index (χ0) is 14.8. The molecular formula is C13H15N3O4S. The quantitative estimate of drug-likeness (QED) is 0.858. The summed E-state index contributed by atoms with van der Waals surface area (Å²) in [6, 6.07) is 1.42. The first kappa shape index (κ1) is 14.0. The van der Waals surface area contributed by atoms with E-state index < -0.39 is 0 Å². The van der Waals surface area contributed by atoms with Gasteiger partial charge in [-0.1, -0.05) is 0 Å². The molecule has 0 aromatic carbocycles. The minimum atomic E-state index is -0.362. The van der Waals surface area contributed by atoms with Crippen LogP contribution in [0.25, 0.3) is 0 Å². The number of rotatable bonds is 3. The molecule has 1 saturated heterocycles. The Kier molecular flexibility index (Phi) is 3.89. The lowest BCUT2D eigenvalue weighted by molar-refractivity contribution is -0.0105. The standard InChI is InChI=1S/C13H15N3O4S/c1-8-14-15-12(20-8)9-7-19-5-4-16(9)13(17)11-10(18-2)3-6-21-11/h3,6,9H,4-5,7H2,1-2H3/t9-/m1/s1. The monoisotopic (exact) mass is 309 g/mol. The van der Waals surface area contributed by atoms with Gasteiger partial charge in [0.2, 0.25) is 11.8 Å². The first-order valence-corrected chi connectivity index (χ1v) is 7.39. The first-order valence-electron chi connectivity index (χ1n) is 6.51. The SMILES string of the molecule is COc1ccsc1C(=O)N1CCOC[C@@H]1c1nnc(C)o1. The highest BCUT2D eigenvalue weighted by molar-refractivity contribution is 7.12. The maximum absolute atomic E-state index is 12.7. The Hall–Kier alpha value is -1.93. The van der Waals surface area contributed by atoms with Gasteiger partial charge in [0.25, 0.3) is 5.91 Å². The summed E-state index contributed by atoms with van der Waals surface area (Å²) in [4.78, 5) is 15.0. The minimum absolute atomic E-state index is 0.106. The Morgan fingerprint density at radius 3 is 3.10 bits per heavy atom. The Bertz CT molecular complexity index is 639. The molecule has 112 valence electrons. The van der Waals surface area contributed by atoms with Gasteiger partial charge in [-0.25, -0.2) is 0 Å². The fourth-order valence-electron chi connectivity index (χ4n) is 2.24. The molecule has 1 atom stereocenters. The summed E-state index contributed by atoms with van der Waals surface area (Å²) in [5.41, 5.74) is 0. The van der Waals surface area contributed by atoms with Crippen LogP contribution in [0.2, 0.25) is 0 Å². The van der Waals surface area contributed by atoms with Gasteiger partial charge in [0.1, 0.15) is 16.7 Å². The molecule has 8 heteroatoms. The molecule has 1 aliphatic rings. The number of aryl methyl sites for hydroxylation is 1. The zero-order valence-electron chi connectivity index (χ0n) is 11.7. The number of hydrogen-bond acceptors (Lipinski definition) is 7. The summed E-state index contributed by atoms with van der Waals surface area (Å²) >= 11 is 1.35. The summed E-state index contributed by atoms with van der Waals surface area (Å²) in [7, 11) is 1.55. The number of carbonyl (C=O) groups is 1. The van der Waals surface area contributed by atoms with Gasteiger partial charge in [0.05, 0.1) is 20.3 Å². The molecule has 0 spiro atoms. The van der Waals surface area contributed by atoms with Crippen LogP contribution in [-0.4, -0.2) is 47.9 Å². The lowest BCUT2D eigenvalue weighted by Crippen LogP contribution is -2.43. The number of amides is 1. The van der Waals surface area contributed by atoms with Crippen LogP contribution in [0, 0.1) is 6.92 Å². The smallest absolute Gasteiger partial charge is 0.268 e. The molecule has 1 aliphatic heterocycles. The minimum Gasteiger partial charge on any atom is -0.495 e. The first-order chi connectivity index (χ1) is 10.2. The van der Waals surface area contributed by atoms with Gasteiger partial charge in [-0.3, -0.25) is 4.79 Å². The summed E-state index contributed by atoms with van der Waals surface area (Å²) < 4.78 is 16.1. The molecule has 21 heavy (non-hydrogen) atoms. The Morgan fingerprint density at radius 2 is 2.38 bits per heavy atom. The van der Waals surface area contributed by atoms with Gasteiger partial charge in [-0.05, 0) is 11.4 Å². The van der Waals surface area contributed by atoms with Gasteiger partial charge >= 0.3 is 0 Å². The summed E-state index contributed by atoms with van der Waals surface area (Å²) in [5.74, 6) is 1.34. The maximum Gasteiger partial charge on any atom is 0.268 e. The van der Waals surface area contributed by atoms with E-state index in [0.29, 0.717) is 42.2 Å². The van der Waals surface area contributed by atoms with Crippen molar-refractivity contribution in [3.05, 3.63) is 28.1 Å². The van der Waals surface area contributed by atoms with E-state index in [2.05, 4.69) is 10.2 Å². The van der Waals surface area contributed by atoms with Crippen LogP contribution < -0.4 is 4.74 Å². The average molecular weight is 309 g/mol. The molecule has 2 aromatic heterocycles. The largest absolute Gasteiger partial charge is 0.495 e. The van der Waals surface area contributed by atoms with Gasteiger partial charge < -0.3 is 18.8 Å². The van der Waals surface area contributed by atoms with E-state index in [1.165, 1.54) is 11.3 Å². The van der Waals surface area contributed by atoms with Crippen molar-refractivity contribution in [2.24, 2.45) is 0 Å². The van der Waals surface area contributed by atoms with Gasteiger partial charge in [-0.2, -0.15) is 0 Å². The van der Waals surface area contributed by atoms with Crippen molar-refractivity contribution >= 4 is 17.2 Å². The fraction of sp³-hybridized carbons (Fsp3) is 0.462. The molecule has 3 heterocycles. The van der Waals surface area contributed by atoms with Crippen molar-refractivity contribution in [2.75, 3.05) is 26.9 Å². The van der Waals surface area contributed by atoms with Crippen molar-refractivity contribution in [1.82, 2.24) is 15.1 Å². The van der Waals surface area contributed by atoms with Crippen molar-refractivity contribution in [3.8, 4) is 5.75 Å². The molecule has 2 aromatic rings. The number of hydrogen-bond donors (Lipinski definition) is 0. The van der Waals surface area contributed by atoms with Crippen LogP contribution in [0.3, 0.4) is 0 Å². The lowest BCUT2D eigenvalue weighted by atomic mass is 10.2. The number of thiophene rings is 1. The lowest BCUT2D eigenvalue weighted by Gasteiger charge is -2.33. The third-order valence-electron chi connectivity index (χ3n) is 3.26. The van der Waals surface area contributed by atoms with Crippen LogP contribution >= 0.6 is 11.3 Å². The number of ether oxygens (including phenoxy) is 2. The van der Waals surface area contributed by atoms with E-state index in [1.54, 1.807) is 25.0 Å². The summed E-state index contributed by atoms with van der Waals surface area (Å²) in [6.45, 7) is 3.03. The molecule has 3 rings (SSSR count). The number of aromatic nitrogens is 2. The second-order valence-electron chi connectivity index (χ2n) is 4.57. The van der Waals surface area contributed by atoms with Gasteiger partial charge in [0.15, 0.2) is 0 Å². The van der Waals surface area contributed by atoms with Crippen LogP contribution in [0.5, 0.6) is 5.75 Å². The van der Waals surface area contributed by atoms with E-state index >= 15 is 0 Å². The third kappa shape index (κ3) is 2.64. The van der Waals surface area contributed by atoms with Crippen molar-refractivity contribution in [2.45, 2.75) is 13.0 Å². The van der Waals surface area contributed by atoms with Crippen LogP contribution in [0.15, 0.2) is 15.9 Å². The molecule has 1 amide bonds. The molecule has 7 nitrogen and oxygen atoms in total. The maximum atomic E-state index is 12.7. The Labute approximate surface area is 125 Å². The van der Waals surface area contributed by atoms with Gasteiger partial charge in [-0.15, -0.1) is 21.5 Å². The van der Waals surface area contributed by atoms with Gasteiger partial charge in [0, 0.05) is 13.5 Å². The predicted octanol–water partition coefficient (Wildman–Crippen LogP) is 1.66. The number of morpholine rings is 1. The fourth-order valence-corrected chi connectivity index (χ4v) is 3.06. The highest BCUT2D eigenvalue weighted by atomic mass is 32.1. The van der Waals surface area contributed by atoms with E-state index in [9.17, 15) is 4.79 Å². The Balaban J connectivity index is 1.89. The second kappa shape index (κ2) is 5.82. The molecular weight excluding hydrogens is 294 g/mol. The van der Waals surface area contributed by atoms with E-state index in [-0.39, 0.29) is 11.9 Å². The predicted molar refractivity (Wildman–Crippen MR) is 74.5 cm³/mol. The van der Waals surface area contributed by atoms with E-state index in [0.717, 1.165) is 0 Å². The van der Waals surface area contributed by atoms with Crippen LogP contribution in [0.1, 0.15) is 27.5 Å². The summed E-state index contributed by atoms with van der Waals surface area (Å²) in [6.07, 6.45) is 0. The normalized spacial score (nSPS) is 18.8. The van der Waals surface area contributed by atoms with Crippen molar-refractivity contribution in [1.29, 1.82) is 0 Å². The molecule has 0 saturated carbocycles. The van der Waals surface area contributed by atoms with E-state index in [4.69, 9.17) is 13.9 Å². The third-order valence-corrected chi connectivity index (χ3v) is 4.14. The van der Waals surface area contributed by atoms with E-state index in [1.807, 2.05) is 5.38 Å².